The molecule has 0 saturated carbocycles. The van der Waals surface area contributed by atoms with Gasteiger partial charge in [0.05, 0.1) is 0 Å². The average molecular weight is 693 g/mol. The van der Waals surface area contributed by atoms with Gasteiger partial charge in [0.2, 0.25) is 0 Å². The summed E-state index contributed by atoms with van der Waals surface area (Å²) in [5, 5.41) is 8.90. The standard InChI is InChI=1S/C45H88O4/c1-5-9-13-17-20-21-23-29-35-41(34-28-16-12-8-4)40-43(49-45(48)39-33-27-22-26-32-38-44(46)47)42(36-30-24-18-14-10-6-2)37-31-25-19-15-11-7-3/h41-43H,5-40H2,1-4H3,(H,46,47). The molecule has 0 saturated heterocycles. The van der Waals surface area contributed by atoms with Crippen molar-refractivity contribution in [3.63, 3.8) is 0 Å². The lowest BCUT2D eigenvalue weighted by Crippen LogP contribution is -2.30. The molecule has 4 heteroatoms. The monoisotopic (exact) mass is 693 g/mol. The van der Waals surface area contributed by atoms with Gasteiger partial charge in [0.25, 0.3) is 0 Å². The van der Waals surface area contributed by atoms with Crippen LogP contribution in [-0.4, -0.2) is 23.1 Å². The molecule has 2 unspecified atom stereocenters. The van der Waals surface area contributed by atoms with E-state index in [4.69, 9.17) is 9.84 Å². The third kappa shape index (κ3) is 33.8. The third-order valence-corrected chi connectivity index (χ3v) is 10.9. The number of aliphatic carboxylic acids is 1. The molecule has 0 amide bonds. The highest BCUT2D eigenvalue weighted by atomic mass is 16.5. The predicted octanol–water partition coefficient (Wildman–Crippen LogP) is 15.3. The van der Waals surface area contributed by atoms with E-state index in [2.05, 4.69) is 27.7 Å². The predicted molar refractivity (Wildman–Crippen MR) is 213 cm³/mol. The number of carbonyl (C=O) groups is 2. The zero-order chi connectivity index (χ0) is 36.0. The number of carbonyl (C=O) groups excluding carboxylic acids is 1. The van der Waals surface area contributed by atoms with Crippen molar-refractivity contribution in [2.75, 3.05) is 0 Å². The lowest BCUT2D eigenvalue weighted by molar-refractivity contribution is -0.153. The van der Waals surface area contributed by atoms with Crippen LogP contribution in [0.3, 0.4) is 0 Å². The van der Waals surface area contributed by atoms with Gasteiger partial charge in [0.15, 0.2) is 0 Å². The molecule has 2 atom stereocenters. The van der Waals surface area contributed by atoms with E-state index in [9.17, 15) is 9.59 Å². The summed E-state index contributed by atoms with van der Waals surface area (Å²) in [5.74, 6) is 0.468. The van der Waals surface area contributed by atoms with Crippen molar-refractivity contribution in [1.82, 2.24) is 0 Å². The molecule has 0 aromatic heterocycles. The van der Waals surface area contributed by atoms with E-state index in [1.165, 1.54) is 180 Å². The Morgan fingerprint density at radius 2 is 0.755 bits per heavy atom. The molecule has 1 N–H and O–H groups in total. The summed E-state index contributed by atoms with van der Waals surface area (Å²) in [5.41, 5.74) is 0. The maximum absolute atomic E-state index is 13.4. The minimum Gasteiger partial charge on any atom is -0.481 e. The fourth-order valence-corrected chi connectivity index (χ4v) is 7.67. The summed E-state index contributed by atoms with van der Waals surface area (Å²) < 4.78 is 6.59. The summed E-state index contributed by atoms with van der Waals surface area (Å²) in [7, 11) is 0. The lowest BCUT2D eigenvalue weighted by Gasteiger charge is -2.31. The van der Waals surface area contributed by atoms with Crippen LogP contribution in [0.4, 0.5) is 0 Å². The van der Waals surface area contributed by atoms with Crippen LogP contribution in [0, 0.1) is 11.8 Å². The lowest BCUT2D eigenvalue weighted by atomic mass is 9.82. The Bertz CT molecular complexity index is 676. The number of ether oxygens (including phenoxy) is 1. The average Bonchev–Trinajstić information content (AvgIpc) is 3.08. The fraction of sp³-hybridized carbons (Fsp3) is 0.956. The van der Waals surface area contributed by atoms with Gasteiger partial charge in [0.1, 0.15) is 6.10 Å². The van der Waals surface area contributed by atoms with Gasteiger partial charge in [-0.1, -0.05) is 214 Å². The summed E-state index contributed by atoms with van der Waals surface area (Å²) in [6.45, 7) is 9.19. The van der Waals surface area contributed by atoms with E-state index in [1.54, 1.807) is 0 Å². The quantitative estimate of drug-likeness (QED) is 0.0513. The second kappa shape index (κ2) is 38.2. The molecule has 0 aliphatic heterocycles. The topological polar surface area (TPSA) is 63.6 Å². The molecule has 0 rings (SSSR count). The molecule has 0 heterocycles. The molecule has 292 valence electrons. The molecular weight excluding hydrogens is 604 g/mol. The van der Waals surface area contributed by atoms with Gasteiger partial charge in [0, 0.05) is 12.8 Å². The summed E-state index contributed by atoms with van der Waals surface area (Å²) in [6.07, 6.45) is 43.5. The number of esters is 1. The van der Waals surface area contributed by atoms with E-state index >= 15 is 0 Å². The zero-order valence-electron chi connectivity index (χ0n) is 33.9. The first-order valence-corrected chi connectivity index (χ1v) is 22.4. The summed E-state index contributed by atoms with van der Waals surface area (Å²) in [4.78, 5) is 24.2. The molecule has 4 nitrogen and oxygen atoms in total. The van der Waals surface area contributed by atoms with Crippen molar-refractivity contribution in [3.05, 3.63) is 0 Å². The van der Waals surface area contributed by atoms with E-state index in [0.717, 1.165) is 38.5 Å². The Morgan fingerprint density at radius 3 is 1.16 bits per heavy atom. The Kier molecular flexibility index (Phi) is 37.4. The molecule has 0 aliphatic rings. The number of unbranched alkanes of at least 4 members (excludes halogenated alkanes) is 24. The van der Waals surface area contributed by atoms with Crippen LogP contribution in [-0.2, 0) is 14.3 Å². The number of carboxylic acids is 1. The third-order valence-electron chi connectivity index (χ3n) is 10.9. The molecule has 0 aliphatic carbocycles. The van der Waals surface area contributed by atoms with Crippen molar-refractivity contribution in [1.29, 1.82) is 0 Å². The van der Waals surface area contributed by atoms with Crippen molar-refractivity contribution in [2.24, 2.45) is 11.8 Å². The normalized spacial score (nSPS) is 12.8. The molecule has 49 heavy (non-hydrogen) atoms. The largest absolute Gasteiger partial charge is 0.481 e. The highest BCUT2D eigenvalue weighted by Gasteiger charge is 2.28. The van der Waals surface area contributed by atoms with Gasteiger partial charge >= 0.3 is 11.9 Å². The van der Waals surface area contributed by atoms with Gasteiger partial charge < -0.3 is 9.84 Å². The molecule has 0 bridgehead atoms. The number of hydrogen-bond donors (Lipinski definition) is 1. The number of rotatable bonds is 40. The zero-order valence-corrected chi connectivity index (χ0v) is 33.9. The Balaban J connectivity index is 5.53. The van der Waals surface area contributed by atoms with Crippen LogP contribution in [0.15, 0.2) is 0 Å². The van der Waals surface area contributed by atoms with E-state index < -0.39 is 5.97 Å². The van der Waals surface area contributed by atoms with Gasteiger partial charge in [-0.2, -0.15) is 0 Å². The SMILES string of the molecule is CCCCCCCCCCC(CCCCCC)CC(OC(=O)CCCCCCCC(=O)O)C(CCCCCCCC)CCCCCCCC. The van der Waals surface area contributed by atoms with Crippen LogP contribution in [0.25, 0.3) is 0 Å². The minimum atomic E-state index is -0.711. The maximum atomic E-state index is 13.4. The second-order valence-electron chi connectivity index (χ2n) is 15.8. The van der Waals surface area contributed by atoms with E-state index in [-0.39, 0.29) is 18.5 Å². The summed E-state index contributed by atoms with van der Waals surface area (Å²) >= 11 is 0. The first-order chi connectivity index (χ1) is 24.0. The van der Waals surface area contributed by atoms with Crippen LogP contribution >= 0.6 is 0 Å². The second-order valence-corrected chi connectivity index (χ2v) is 15.8. The molecular formula is C45H88O4. The summed E-state index contributed by atoms with van der Waals surface area (Å²) in [6, 6.07) is 0. The highest BCUT2D eigenvalue weighted by molar-refractivity contribution is 5.69. The number of carboxylic acid groups (broad SMARTS) is 1. The smallest absolute Gasteiger partial charge is 0.306 e. The van der Waals surface area contributed by atoms with Gasteiger partial charge in [-0.3, -0.25) is 9.59 Å². The van der Waals surface area contributed by atoms with E-state index in [1.807, 2.05) is 0 Å². The molecule has 0 fully saturated rings. The Morgan fingerprint density at radius 1 is 0.429 bits per heavy atom. The van der Waals surface area contributed by atoms with Crippen LogP contribution < -0.4 is 0 Å². The van der Waals surface area contributed by atoms with Crippen LogP contribution in [0.1, 0.15) is 259 Å². The van der Waals surface area contributed by atoms with Crippen LogP contribution in [0.5, 0.6) is 0 Å². The molecule has 0 spiro atoms. The van der Waals surface area contributed by atoms with Crippen molar-refractivity contribution in [3.8, 4) is 0 Å². The van der Waals surface area contributed by atoms with Crippen molar-refractivity contribution < 1.29 is 19.4 Å². The van der Waals surface area contributed by atoms with E-state index in [0.29, 0.717) is 18.3 Å². The molecule has 0 aromatic rings. The molecule has 0 aromatic carbocycles. The van der Waals surface area contributed by atoms with Crippen molar-refractivity contribution >= 4 is 11.9 Å². The van der Waals surface area contributed by atoms with Gasteiger partial charge in [-0.05, 0) is 43.9 Å². The highest BCUT2D eigenvalue weighted by Crippen LogP contribution is 2.32. The molecule has 0 radical (unpaired) electrons. The Labute approximate surface area is 307 Å². The van der Waals surface area contributed by atoms with Gasteiger partial charge in [-0.15, -0.1) is 0 Å². The Hall–Kier alpha value is -1.06. The van der Waals surface area contributed by atoms with Crippen LogP contribution in [0.2, 0.25) is 0 Å². The fourth-order valence-electron chi connectivity index (χ4n) is 7.67. The first-order valence-electron chi connectivity index (χ1n) is 22.4. The van der Waals surface area contributed by atoms with Crippen molar-refractivity contribution in [2.45, 2.75) is 265 Å². The minimum absolute atomic E-state index is 0.0169. The first kappa shape index (κ1) is 47.9. The maximum Gasteiger partial charge on any atom is 0.306 e. The number of hydrogen-bond acceptors (Lipinski definition) is 3. The van der Waals surface area contributed by atoms with Gasteiger partial charge in [-0.25, -0.2) is 0 Å².